The molecule has 0 aromatic heterocycles. The zero-order chi connectivity index (χ0) is 18.3. The number of guanidine groups is 1. The monoisotopic (exact) mass is 480 g/mol. The summed E-state index contributed by atoms with van der Waals surface area (Å²) < 4.78 is 6.11. The van der Waals surface area contributed by atoms with Gasteiger partial charge in [-0.1, -0.05) is 27.7 Å². The molecule has 2 rings (SSSR count). The summed E-state index contributed by atoms with van der Waals surface area (Å²) in [5, 5.41) is 7.00. The Bertz CT molecular complexity index is 425. The highest BCUT2D eigenvalue weighted by atomic mass is 127. The standard InChI is InChI=1S/C20H40N4O.HI/c1-6-21-19(22-13-16-10-11-24(7-2)15-16)23-14-17-9-8-12-25-18(17)20(3,4)5;/h16-18H,6-15H2,1-5H3,(H2,21,22,23);1H. The van der Waals surface area contributed by atoms with Gasteiger partial charge < -0.3 is 20.3 Å². The van der Waals surface area contributed by atoms with Crippen molar-refractivity contribution in [3.05, 3.63) is 0 Å². The van der Waals surface area contributed by atoms with E-state index in [0.29, 0.717) is 17.9 Å². The molecule has 2 heterocycles. The van der Waals surface area contributed by atoms with Gasteiger partial charge in [-0.3, -0.25) is 4.99 Å². The van der Waals surface area contributed by atoms with Crippen molar-refractivity contribution in [2.24, 2.45) is 22.2 Å². The minimum atomic E-state index is 0. The van der Waals surface area contributed by atoms with Crippen LogP contribution in [0.25, 0.3) is 0 Å². The Kier molecular flexibility index (Phi) is 10.8. The smallest absolute Gasteiger partial charge is 0.191 e. The average Bonchev–Trinajstić information content (AvgIpc) is 3.05. The molecule has 3 atom stereocenters. The number of hydrogen-bond donors (Lipinski definition) is 2. The lowest BCUT2D eigenvalue weighted by Crippen LogP contribution is -2.47. The first kappa shape index (κ1) is 24.0. The van der Waals surface area contributed by atoms with Crippen molar-refractivity contribution in [2.75, 3.05) is 45.9 Å². The van der Waals surface area contributed by atoms with Gasteiger partial charge in [0.2, 0.25) is 0 Å². The molecule has 0 aromatic carbocycles. The SMILES string of the molecule is CCNC(=NCC1CCN(CC)C1)NCC1CCCOC1C(C)(C)C.I. The second-order valence-corrected chi connectivity index (χ2v) is 8.71. The first-order valence-electron chi connectivity index (χ1n) is 10.3. The van der Waals surface area contributed by atoms with Crippen LogP contribution in [0, 0.1) is 17.3 Å². The summed E-state index contributed by atoms with van der Waals surface area (Å²) in [6.45, 7) is 18.5. The molecular formula is C20H41IN4O. The molecule has 2 aliphatic rings. The van der Waals surface area contributed by atoms with Crippen molar-refractivity contribution in [3.63, 3.8) is 0 Å². The van der Waals surface area contributed by atoms with Crippen molar-refractivity contribution in [2.45, 2.75) is 60.0 Å². The molecule has 0 radical (unpaired) electrons. The normalized spacial score (nSPS) is 27.9. The molecule has 0 spiro atoms. The first-order chi connectivity index (χ1) is 11.9. The van der Waals surface area contributed by atoms with Crippen molar-refractivity contribution < 1.29 is 4.74 Å². The van der Waals surface area contributed by atoms with Gasteiger partial charge in [-0.15, -0.1) is 24.0 Å². The van der Waals surface area contributed by atoms with Crippen LogP contribution in [0.4, 0.5) is 0 Å². The summed E-state index contributed by atoms with van der Waals surface area (Å²) >= 11 is 0. The van der Waals surface area contributed by atoms with Gasteiger partial charge in [0.1, 0.15) is 0 Å². The molecule has 3 unspecified atom stereocenters. The Morgan fingerprint density at radius 1 is 1.19 bits per heavy atom. The molecule has 2 aliphatic heterocycles. The minimum Gasteiger partial charge on any atom is -0.377 e. The van der Waals surface area contributed by atoms with E-state index in [2.05, 4.69) is 50.2 Å². The van der Waals surface area contributed by atoms with Gasteiger partial charge in [-0.2, -0.15) is 0 Å². The number of aliphatic imine (C=N–C) groups is 1. The molecule has 2 saturated heterocycles. The molecule has 2 fully saturated rings. The number of nitrogens with zero attached hydrogens (tertiary/aromatic N) is 2. The van der Waals surface area contributed by atoms with Crippen LogP contribution in [-0.4, -0.2) is 62.8 Å². The lowest BCUT2D eigenvalue weighted by Gasteiger charge is -2.40. The van der Waals surface area contributed by atoms with E-state index in [9.17, 15) is 0 Å². The highest BCUT2D eigenvalue weighted by Gasteiger charge is 2.35. The zero-order valence-electron chi connectivity index (χ0n) is 17.5. The molecule has 0 saturated carbocycles. The summed E-state index contributed by atoms with van der Waals surface area (Å²) in [4.78, 5) is 7.38. The highest BCUT2D eigenvalue weighted by molar-refractivity contribution is 14.0. The average molecular weight is 480 g/mol. The van der Waals surface area contributed by atoms with Crippen LogP contribution < -0.4 is 10.6 Å². The summed E-state index contributed by atoms with van der Waals surface area (Å²) in [7, 11) is 0. The number of nitrogens with one attached hydrogen (secondary N) is 2. The number of halogens is 1. The van der Waals surface area contributed by atoms with Crippen molar-refractivity contribution >= 4 is 29.9 Å². The van der Waals surface area contributed by atoms with Crippen LogP contribution in [0.15, 0.2) is 4.99 Å². The molecular weight excluding hydrogens is 439 g/mol. The maximum absolute atomic E-state index is 6.11. The number of rotatable bonds is 6. The second kappa shape index (κ2) is 11.7. The number of hydrogen-bond acceptors (Lipinski definition) is 3. The third-order valence-electron chi connectivity index (χ3n) is 5.50. The van der Waals surface area contributed by atoms with Crippen molar-refractivity contribution in [1.29, 1.82) is 0 Å². The molecule has 26 heavy (non-hydrogen) atoms. The Hall–Kier alpha value is -0.0800. The van der Waals surface area contributed by atoms with Gasteiger partial charge in [0.15, 0.2) is 5.96 Å². The fourth-order valence-electron chi connectivity index (χ4n) is 4.15. The lowest BCUT2D eigenvalue weighted by molar-refractivity contribution is -0.0835. The summed E-state index contributed by atoms with van der Waals surface area (Å²) in [5.41, 5.74) is 0.190. The minimum absolute atomic E-state index is 0. The van der Waals surface area contributed by atoms with E-state index in [1.54, 1.807) is 0 Å². The van der Waals surface area contributed by atoms with Crippen molar-refractivity contribution in [1.82, 2.24) is 15.5 Å². The zero-order valence-corrected chi connectivity index (χ0v) is 19.8. The van der Waals surface area contributed by atoms with Crippen LogP contribution in [0.1, 0.15) is 53.9 Å². The van der Waals surface area contributed by atoms with Crippen LogP contribution >= 0.6 is 24.0 Å². The summed E-state index contributed by atoms with van der Waals surface area (Å²) in [6.07, 6.45) is 4.01. The molecule has 0 aromatic rings. The number of likely N-dealkylation sites (tertiary alicyclic amines) is 1. The van der Waals surface area contributed by atoms with Gasteiger partial charge in [-0.25, -0.2) is 0 Å². The molecule has 154 valence electrons. The van der Waals surface area contributed by atoms with Crippen LogP contribution in [0.3, 0.4) is 0 Å². The van der Waals surface area contributed by atoms with E-state index >= 15 is 0 Å². The van der Waals surface area contributed by atoms with Gasteiger partial charge in [-0.05, 0) is 50.6 Å². The number of ether oxygens (including phenoxy) is 1. The van der Waals surface area contributed by atoms with Gasteiger partial charge in [0.05, 0.1) is 6.10 Å². The van der Waals surface area contributed by atoms with E-state index in [1.165, 1.54) is 32.4 Å². The molecule has 0 amide bonds. The lowest BCUT2D eigenvalue weighted by atomic mass is 9.78. The molecule has 5 nitrogen and oxygen atoms in total. The third kappa shape index (κ3) is 7.50. The maximum atomic E-state index is 6.11. The van der Waals surface area contributed by atoms with E-state index < -0.39 is 0 Å². The van der Waals surface area contributed by atoms with Gasteiger partial charge >= 0.3 is 0 Å². The van der Waals surface area contributed by atoms with Crippen LogP contribution in [-0.2, 0) is 4.74 Å². The van der Waals surface area contributed by atoms with E-state index in [4.69, 9.17) is 9.73 Å². The van der Waals surface area contributed by atoms with Crippen LogP contribution in [0.5, 0.6) is 0 Å². The van der Waals surface area contributed by atoms with Gasteiger partial charge in [0.25, 0.3) is 0 Å². The Morgan fingerprint density at radius 2 is 1.96 bits per heavy atom. The summed E-state index contributed by atoms with van der Waals surface area (Å²) in [6, 6.07) is 0. The predicted molar refractivity (Wildman–Crippen MR) is 122 cm³/mol. The quantitative estimate of drug-likeness (QED) is 0.348. The van der Waals surface area contributed by atoms with E-state index in [-0.39, 0.29) is 29.4 Å². The molecule has 0 aliphatic carbocycles. The fraction of sp³-hybridized carbons (Fsp3) is 0.950. The predicted octanol–water partition coefficient (Wildman–Crippen LogP) is 3.34. The second-order valence-electron chi connectivity index (χ2n) is 8.71. The van der Waals surface area contributed by atoms with Crippen LogP contribution in [0.2, 0.25) is 0 Å². The Morgan fingerprint density at radius 3 is 2.58 bits per heavy atom. The fourth-order valence-corrected chi connectivity index (χ4v) is 4.15. The molecule has 2 N–H and O–H groups in total. The van der Waals surface area contributed by atoms with Crippen molar-refractivity contribution in [3.8, 4) is 0 Å². The van der Waals surface area contributed by atoms with Gasteiger partial charge in [0, 0.05) is 38.7 Å². The Balaban J connectivity index is 0.00000338. The first-order valence-corrected chi connectivity index (χ1v) is 10.3. The third-order valence-corrected chi connectivity index (χ3v) is 5.50. The molecule has 6 heteroatoms. The summed E-state index contributed by atoms with van der Waals surface area (Å²) in [5.74, 6) is 2.23. The van der Waals surface area contributed by atoms with E-state index in [0.717, 1.165) is 38.7 Å². The topological polar surface area (TPSA) is 48.9 Å². The molecule has 0 bridgehead atoms. The Labute approximate surface area is 178 Å². The maximum Gasteiger partial charge on any atom is 0.191 e. The highest BCUT2D eigenvalue weighted by Crippen LogP contribution is 2.33. The van der Waals surface area contributed by atoms with E-state index in [1.807, 2.05) is 0 Å². The largest absolute Gasteiger partial charge is 0.377 e.